The van der Waals surface area contributed by atoms with Gasteiger partial charge in [0.1, 0.15) is 24.4 Å². The molecule has 0 aromatic rings. The number of hydrogen-bond acceptors (Lipinski definition) is 8. The van der Waals surface area contributed by atoms with Crippen molar-refractivity contribution < 1.29 is 39.8 Å². The molecular formula is C61H101NO8. The molecule has 0 aliphatic carbocycles. The van der Waals surface area contributed by atoms with E-state index in [0.717, 1.165) is 96.3 Å². The summed E-state index contributed by atoms with van der Waals surface area (Å²) in [7, 11) is 0. The van der Waals surface area contributed by atoms with Gasteiger partial charge in [-0.3, -0.25) is 4.79 Å². The molecule has 7 unspecified atom stereocenters. The molecule has 0 aromatic heterocycles. The predicted octanol–water partition coefficient (Wildman–Crippen LogP) is 13.6. The average molecular weight is 976 g/mol. The van der Waals surface area contributed by atoms with Crippen LogP contribution in [-0.2, 0) is 14.3 Å². The van der Waals surface area contributed by atoms with E-state index in [1.807, 2.05) is 0 Å². The third kappa shape index (κ3) is 38.3. The number of aliphatic hydroxyl groups excluding tert-OH is 5. The van der Waals surface area contributed by atoms with Crippen LogP contribution in [0.1, 0.15) is 200 Å². The van der Waals surface area contributed by atoms with Crippen LogP contribution in [0.2, 0.25) is 0 Å². The smallest absolute Gasteiger partial charge is 0.220 e. The lowest BCUT2D eigenvalue weighted by atomic mass is 9.99. The third-order valence-electron chi connectivity index (χ3n) is 12.3. The number of aliphatic hydroxyl groups is 5. The first kappa shape index (κ1) is 64.6. The number of unbranched alkanes of at least 4 members (excludes halogenated alkanes) is 15. The van der Waals surface area contributed by atoms with Gasteiger partial charge in [0.05, 0.1) is 25.4 Å². The molecule has 6 N–H and O–H groups in total. The molecule has 1 rings (SSSR count). The van der Waals surface area contributed by atoms with Crippen LogP contribution in [0.25, 0.3) is 0 Å². The molecule has 70 heavy (non-hydrogen) atoms. The molecule has 0 bridgehead atoms. The Kier molecular flexibility index (Phi) is 45.4. The maximum Gasteiger partial charge on any atom is 0.220 e. The van der Waals surface area contributed by atoms with Crippen molar-refractivity contribution in [2.24, 2.45) is 0 Å². The van der Waals surface area contributed by atoms with Crippen LogP contribution in [0.5, 0.6) is 0 Å². The Morgan fingerprint density at radius 2 is 0.886 bits per heavy atom. The summed E-state index contributed by atoms with van der Waals surface area (Å²) in [5.41, 5.74) is 0. The number of nitrogens with one attached hydrogen (secondary N) is 1. The molecular weight excluding hydrogens is 875 g/mol. The molecule has 0 saturated carbocycles. The van der Waals surface area contributed by atoms with E-state index in [4.69, 9.17) is 9.47 Å². The highest BCUT2D eigenvalue weighted by Gasteiger charge is 2.44. The molecule has 0 radical (unpaired) electrons. The van der Waals surface area contributed by atoms with Gasteiger partial charge < -0.3 is 40.3 Å². The number of hydrogen-bond donors (Lipinski definition) is 6. The van der Waals surface area contributed by atoms with Crippen molar-refractivity contribution in [3.63, 3.8) is 0 Å². The number of rotatable bonds is 45. The first-order valence-electron chi connectivity index (χ1n) is 27.7. The van der Waals surface area contributed by atoms with E-state index >= 15 is 0 Å². The predicted molar refractivity (Wildman–Crippen MR) is 294 cm³/mol. The van der Waals surface area contributed by atoms with E-state index in [-0.39, 0.29) is 12.5 Å². The Hall–Kier alpha value is -3.41. The van der Waals surface area contributed by atoms with Crippen molar-refractivity contribution in [3.05, 3.63) is 122 Å². The molecule has 1 aliphatic rings. The SMILES string of the molecule is CC/C=C\C/C=C\C/C=C\C/C=C\C/C=C\C/C=C\C/C=C\C/C=C\C/C=C\C/C=C\CCCCC(=O)NC(COC1OC(CO)C(O)C(O)C1O)C(O)CCCCCCCCCCCCCCCC. The Labute approximate surface area is 427 Å². The van der Waals surface area contributed by atoms with Crippen molar-refractivity contribution in [2.45, 2.75) is 243 Å². The van der Waals surface area contributed by atoms with Crippen LogP contribution in [-0.4, -0.2) is 87.5 Å². The molecule has 398 valence electrons. The lowest BCUT2D eigenvalue weighted by Crippen LogP contribution is -2.60. The molecule has 1 aliphatic heterocycles. The summed E-state index contributed by atoms with van der Waals surface area (Å²) < 4.78 is 11.3. The molecule has 7 atom stereocenters. The lowest BCUT2D eigenvalue weighted by molar-refractivity contribution is -0.302. The number of allylic oxidation sites excluding steroid dienone is 20. The Bertz CT molecular complexity index is 1510. The van der Waals surface area contributed by atoms with Gasteiger partial charge in [0, 0.05) is 6.42 Å². The average Bonchev–Trinajstić information content (AvgIpc) is 3.36. The van der Waals surface area contributed by atoms with Crippen LogP contribution in [0, 0.1) is 0 Å². The fourth-order valence-corrected chi connectivity index (χ4v) is 7.95. The minimum Gasteiger partial charge on any atom is -0.394 e. The van der Waals surface area contributed by atoms with Crippen molar-refractivity contribution in [1.29, 1.82) is 0 Å². The van der Waals surface area contributed by atoms with Crippen molar-refractivity contribution in [1.82, 2.24) is 5.32 Å². The molecule has 0 aromatic carbocycles. The van der Waals surface area contributed by atoms with Gasteiger partial charge in [-0.25, -0.2) is 0 Å². The second-order valence-corrected chi connectivity index (χ2v) is 18.6. The number of ether oxygens (including phenoxy) is 2. The fourth-order valence-electron chi connectivity index (χ4n) is 7.95. The Morgan fingerprint density at radius 1 is 0.500 bits per heavy atom. The zero-order chi connectivity index (χ0) is 50.8. The van der Waals surface area contributed by atoms with Gasteiger partial charge in [-0.1, -0.05) is 225 Å². The van der Waals surface area contributed by atoms with Crippen LogP contribution >= 0.6 is 0 Å². The van der Waals surface area contributed by atoms with Gasteiger partial charge in [0.2, 0.25) is 5.91 Å². The lowest BCUT2D eigenvalue weighted by Gasteiger charge is -2.40. The summed E-state index contributed by atoms with van der Waals surface area (Å²) >= 11 is 0. The monoisotopic (exact) mass is 976 g/mol. The summed E-state index contributed by atoms with van der Waals surface area (Å²) in [4.78, 5) is 13.0. The minimum absolute atomic E-state index is 0.164. The number of amides is 1. The van der Waals surface area contributed by atoms with Gasteiger partial charge in [-0.15, -0.1) is 0 Å². The molecule has 1 saturated heterocycles. The van der Waals surface area contributed by atoms with E-state index in [0.29, 0.717) is 19.3 Å². The van der Waals surface area contributed by atoms with E-state index in [2.05, 4.69) is 141 Å². The van der Waals surface area contributed by atoms with Crippen LogP contribution in [0.3, 0.4) is 0 Å². The summed E-state index contributed by atoms with van der Waals surface area (Å²) in [6.07, 6.45) is 66.5. The highest BCUT2D eigenvalue weighted by molar-refractivity contribution is 5.76. The summed E-state index contributed by atoms with van der Waals surface area (Å²) in [6.45, 7) is 3.68. The molecule has 0 spiro atoms. The zero-order valence-corrected chi connectivity index (χ0v) is 44.0. The fraction of sp³-hybridized carbons (Fsp3) is 0.656. The first-order chi connectivity index (χ1) is 34.3. The van der Waals surface area contributed by atoms with Crippen molar-refractivity contribution in [3.8, 4) is 0 Å². The van der Waals surface area contributed by atoms with E-state index < -0.39 is 49.5 Å². The third-order valence-corrected chi connectivity index (χ3v) is 12.3. The molecule has 9 heteroatoms. The summed E-state index contributed by atoms with van der Waals surface area (Å²) in [5.74, 6) is -0.192. The summed E-state index contributed by atoms with van der Waals surface area (Å²) in [5, 5.41) is 54.5. The highest BCUT2D eigenvalue weighted by Crippen LogP contribution is 2.23. The maximum atomic E-state index is 13.0. The molecule has 1 heterocycles. The molecule has 1 amide bonds. The quantitative estimate of drug-likeness (QED) is 0.0261. The Balaban J connectivity index is 2.26. The minimum atomic E-state index is -1.57. The van der Waals surface area contributed by atoms with Gasteiger partial charge >= 0.3 is 0 Å². The Morgan fingerprint density at radius 3 is 1.29 bits per heavy atom. The second-order valence-electron chi connectivity index (χ2n) is 18.6. The standard InChI is InChI=1S/C61H101NO8/c1-3-5-7-9-11-13-15-17-19-20-21-22-23-24-25-26-27-28-29-30-31-32-33-34-35-36-37-39-41-43-45-47-49-51-57(65)62-54(53-69-61-60(68)59(67)58(66)56(52-63)70-61)55(64)50-48-46-44-42-40-38-18-16-14-12-10-8-6-4-2/h5,7,11,13,17,19,21-22,24-25,27-28,30-31,33-34,36-37,41,43,54-56,58-61,63-64,66-68H,3-4,6,8-10,12,14-16,18,20,23,26,29,32,35,38-40,42,44-53H2,1-2H3,(H,62,65)/b7-5-,13-11-,19-17-,22-21-,25-24-,28-27-,31-30-,34-33-,37-36-,43-41-. The molecule has 1 fully saturated rings. The van der Waals surface area contributed by atoms with E-state index in [1.165, 1.54) is 70.6 Å². The van der Waals surface area contributed by atoms with Gasteiger partial charge in [-0.2, -0.15) is 0 Å². The van der Waals surface area contributed by atoms with Crippen molar-refractivity contribution in [2.75, 3.05) is 13.2 Å². The van der Waals surface area contributed by atoms with Gasteiger partial charge in [0.25, 0.3) is 0 Å². The second kappa shape index (κ2) is 49.2. The number of carbonyl (C=O) groups is 1. The zero-order valence-electron chi connectivity index (χ0n) is 44.0. The molecule has 9 nitrogen and oxygen atoms in total. The normalized spacial score (nSPS) is 20.4. The van der Waals surface area contributed by atoms with Gasteiger partial charge in [0.15, 0.2) is 6.29 Å². The van der Waals surface area contributed by atoms with E-state index in [9.17, 15) is 30.3 Å². The largest absolute Gasteiger partial charge is 0.394 e. The topological polar surface area (TPSA) is 149 Å². The van der Waals surface area contributed by atoms with E-state index in [1.54, 1.807) is 0 Å². The van der Waals surface area contributed by atoms with Gasteiger partial charge in [-0.05, 0) is 89.9 Å². The first-order valence-corrected chi connectivity index (χ1v) is 27.7. The van der Waals surface area contributed by atoms with Crippen LogP contribution in [0.4, 0.5) is 0 Å². The number of carbonyl (C=O) groups excluding carboxylic acids is 1. The van der Waals surface area contributed by atoms with Crippen molar-refractivity contribution >= 4 is 5.91 Å². The maximum absolute atomic E-state index is 13.0. The highest BCUT2D eigenvalue weighted by atomic mass is 16.7. The van der Waals surface area contributed by atoms with Crippen LogP contribution < -0.4 is 5.32 Å². The van der Waals surface area contributed by atoms with Crippen LogP contribution in [0.15, 0.2) is 122 Å². The summed E-state index contributed by atoms with van der Waals surface area (Å²) in [6, 6.07) is -0.751.